The van der Waals surface area contributed by atoms with E-state index in [1.54, 1.807) is 25.1 Å². The Morgan fingerprint density at radius 1 is 0.977 bits per heavy atom. The number of nitrogens with zero attached hydrogens (tertiary/aromatic N) is 1. The number of benzene rings is 3. The standard InChI is InChI=1S/C30H25N3O8S2/c1-2-40-20-12-17(8-10-19(20)41-14-21(34)31-18-9-7-15-5-3-4-6-16(15)11-18)23-24-26(42-27-25(23)43-30(39)32-27)29(38)33(28(24)37)13-22(35)36/h3-12,23-24,26H,2,13-14H2,1H3,(H,31,34)(H,32,39)(H,35,36)/t23-,24+,26-/m0/s1. The predicted octanol–water partition coefficient (Wildman–Crippen LogP) is 3.68. The van der Waals surface area contributed by atoms with Gasteiger partial charge in [0.2, 0.25) is 11.8 Å². The number of hydrogen-bond acceptors (Lipinski definition) is 9. The largest absolute Gasteiger partial charge is 0.490 e. The lowest BCUT2D eigenvalue weighted by molar-refractivity contribution is -0.149. The zero-order valence-electron chi connectivity index (χ0n) is 22.7. The van der Waals surface area contributed by atoms with Gasteiger partial charge in [-0.05, 0) is 47.5 Å². The van der Waals surface area contributed by atoms with Gasteiger partial charge in [0.05, 0.1) is 17.6 Å². The number of rotatable bonds is 9. The molecule has 6 rings (SSSR count). The Morgan fingerprint density at radius 2 is 1.77 bits per heavy atom. The number of nitrogens with one attached hydrogen (secondary N) is 2. The lowest BCUT2D eigenvalue weighted by atomic mass is 9.83. The summed E-state index contributed by atoms with van der Waals surface area (Å²) in [6.45, 7) is 1.04. The number of carboxylic acids is 1. The lowest BCUT2D eigenvalue weighted by Gasteiger charge is -2.30. The summed E-state index contributed by atoms with van der Waals surface area (Å²) in [5.41, 5.74) is 1.22. The Bertz CT molecular complexity index is 1830. The number of fused-ring (bicyclic) bond motifs is 3. The predicted molar refractivity (Wildman–Crippen MR) is 160 cm³/mol. The van der Waals surface area contributed by atoms with Gasteiger partial charge in [-0.25, -0.2) is 0 Å². The first kappa shape index (κ1) is 28.5. The number of carbonyl (C=O) groups excluding carboxylic acids is 3. The molecule has 1 saturated heterocycles. The average Bonchev–Trinajstić information content (AvgIpc) is 3.47. The van der Waals surface area contributed by atoms with E-state index >= 15 is 0 Å². The Hall–Kier alpha value is -4.62. The van der Waals surface area contributed by atoms with Crippen LogP contribution in [0.4, 0.5) is 5.69 Å². The molecule has 3 amide bonds. The number of likely N-dealkylation sites (tertiary alicyclic amines) is 1. The fourth-order valence-electron chi connectivity index (χ4n) is 5.44. The number of thiazole rings is 1. The number of carbonyl (C=O) groups is 4. The topological polar surface area (TPSA) is 155 Å². The van der Waals surface area contributed by atoms with Gasteiger partial charge in [0, 0.05) is 16.5 Å². The third kappa shape index (κ3) is 5.48. The zero-order valence-corrected chi connectivity index (χ0v) is 24.3. The molecule has 2 aliphatic rings. The molecule has 0 bridgehead atoms. The molecular formula is C30H25N3O8S2. The second-order valence-corrected chi connectivity index (χ2v) is 12.1. The molecule has 3 aromatic carbocycles. The molecule has 220 valence electrons. The summed E-state index contributed by atoms with van der Waals surface area (Å²) in [7, 11) is 0. The van der Waals surface area contributed by atoms with Crippen molar-refractivity contribution in [2.75, 3.05) is 25.1 Å². The Morgan fingerprint density at radius 3 is 2.53 bits per heavy atom. The molecule has 3 N–H and O–H groups in total. The van der Waals surface area contributed by atoms with Crippen molar-refractivity contribution in [3.8, 4) is 11.5 Å². The fraction of sp³-hybridized carbons (Fsp3) is 0.233. The first-order valence-electron chi connectivity index (χ1n) is 13.4. The number of amides is 3. The van der Waals surface area contributed by atoms with E-state index < -0.39 is 41.4 Å². The molecule has 1 fully saturated rings. The van der Waals surface area contributed by atoms with Gasteiger partial charge in [0.1, 0.15) is 11.8 Å². The van der Waals surface area contributed by atoms with Gasteiger partial charge in [-0.3, -0.25) is 28.9 Å². The van der Waals surface area contributed by atoms with Crippen LogP contribution in [0.1, 0.15) is 23.3 Å². The summed E-state index contributed by atoms with van der Waals surface area (Å²) in [4.78, 5) is 66.7. The van der Waals surface area contributed by atoms with Gasteiger partial charge in [-0.2, -0.15) is 0 Å². The number of ether oxygens (including phenoxy) is 2. The first-order chi connectivity index (χ1) is 20.7. The highest BCUT2D eigenvalue weighted by Crippen LogP contribution is 2.53. The number of aliphatic carboxylic acids is 1. The third-order valence-corrected chi connectivity index (χ3v) is 9.63. The van der Waals surface area contributed by atoms with Crippen LogP contribution in [0, 0.1) is 5.92 Å². The zero-order chi connectivity index (χ0) is 30.2. The van der Waals surface area contributed by atoms with Crippen LogP contribution in [-0.2, 0) is 19.2 Å². The van der Waals surface area contributed by atoms with E-state index in [1.165, 1.54) is 0 Å². The van der Waals surface area contributed by atoms with Crippen LogP contribution < -0.4 is 19.7 Å². The minimum absolute atomic E-state index is 0.280. The molecule has 13 heteroatoms. The van der Waals surface area contributed by atoms with E-state index in [0.29, 0.717) is 32.7 Å². The number of anilines is 1. The summed E-state index contributed by atoms with van der Waals surface area (Å²) in [5, 5.41) is 13.7. The molecule has 3 heterocycles. The van der Waals surface area contributed by atoms with Crippen molar-refractivity contribution in [1.29, 1.82) is 0 Å². The quantitative estimate of drug-likeness (QED) is 0.238. The molecule has 0 spiro atoms. The molecule has 0 unspecified atom stereocenters. The normalized spacial score (nSPS) is 19.2. The number of hydrogen-bond donors (Lipinski definition) is 3. The molecule has 3 atom stereocenters. The van der Waals surface area contributed by atoms with E-state index in [4.69, 9.17) is 9.47 Å². The van der Waals surface area contributed by atoms with Crippen molar-refractivity contribution >= 4 is 63.2 Å². The summed E-state index contributed by atoms with van der Waals surface area (Å²) in [6.07, 6.45) is 0. The van der Waals surface area contributed by atoms with E-state index in [1.807, 2.05) is 42.5 Å². The minimum Gasteiger partial charge on any atom is -0.490 e. The van der Waals surface area contributed by atoms with Crippen molar-refractivity contribution in [1.82, 2.24) is 9.88 Å². The number of imide groups is 1. The molecule has 0 radical (unpaired) electrons. The maximum atomic E-state index is 13.4. The van der Waals surface area contributed by atoms with Crippen LogP contribution in [0.3, 0.4) is 0 Å². The molecule has 4 aromatic rings. The van der Waals surface area contributed by atoms with Crippen molar-refractivity contribution in [3.63, 3.8) is 0 Å². The highest BCUT2D eigenvalue weighted by molar-refractivity contribution is 8.00. The fourth-order valence-corrected chi connectivity index (χ4v) is 7.97. The van der Waals surface area contributed by atoms with E-state index in [0.717, 1.165) is 38.8 Å². The van der Waals surface area contributed by atoms with E-state index in [2.05, 4.69) is 10.3 Å². The number of thioether (sulfide) groups is 1. The van der Waals surface area contributed by atoms with Crippen molar-refractivity contribution in [2.45, 2.75) is 23.1 Å². The monoisotopic (exact) mass is 619 g/mol. The first-order valence-corrected chi connectivity index (χ1v) is 15.1. The molecule has 0 aliphatic carbocycles. The van der Waals surface area contributed by atoms with Gasteiger partial charge in [0.25, 0.3) is 5.91 Å². The van der Waals surface area contributed by atoms with Gasteiger partial charge >= 0.3 is 10.8 Å². The van der Waals surface area contributed by atoms with Crippen LogP contribution in [0.2, 0.25) is 0 Å². The number of aromatic nitrogens is 1. The number of H-pyrrole nitrogens is 1. The van der Waals surface area contributed by atoms with Crippen LogP contribution in [0.5, 0.6) is 11.5 Å². The Labute approximate surface area is 252 Å². The second kappa shape index (κ2) is 11.6. The maximum absolute atomic E-state index is 13.4. The average molecular weight is 620 g/mol. The highest BCUT2D eigenvalue weighted by Gasteiger charge is 2.56. The van der Waals surface area contributed by atoms with Gasteiger partial charge in [-0.15, -0.1) is 0 Å². The van der Waals surface area contributed by atoms with E-state index in [-0.39, 0.29) is 24.0 Å². The number of aromatic amines is 1. The molecule has 1 aromatic heterocycles. The van der Waals surface area contributed by atoms with Crippen LogP contribution in [0.25, 0.3) is 10.8 Å². The minimum atomic E-state index is -1.30. The summed E-state index contributed by atoms with van der Waals surface area (Å²) < 4.78 is 11.6. The summed E-state index contributed by atoms with van der Waals surface area (Å²) >= 11 is 2.01. The molecule has 2 aliphatic heterocycles. The van der Waals surface area contributed by atoms with Crippen LogP contribution >= 0.6 is 23.1 Å². The second-order valence-electron chi connectivity index (χ2n) is 9.94. The SMILES string of the molecule is CCOc1cc([C@@H]2c3sc(=O)[nH]c3S[C@@H]3C(=O)N(CC(=O)O)C(=O)[C@H]23)ccc1OCC(=O)Nc1ccc2ccccc2c1. The van der Waals surface area contributed by atoms with Crippen molar-refractivity contribution in [3.05, 3.63) is 80.8 Å². The highest BCUT2D eigenvalue weighted by atomic mass is 32.2. The summed E-state index contributed by atoms with van der Waals surface area (Å²) in [5.74, 6) is -3.88. The molecule has 11 nitrogen and oxygen atoms in total. The Kier molecular flexibility index (Phi) is 7.67. The maximum Gasteiger partial charge on any atom is 0.323 e. The van der Waals surface area contributed by atoms with Crippen LogP contribution in [0.15, 0.2) is 70.5 Å². The van der Waals surface area contributed by atoms with Crippen LogP contribution in [-0.4, -0.2) is 63.7 Å². The van der Waals surface area contributed by atoms with Gasteiger partial charge < -0.3 is 24.9 Å². The smallest absolute Gasteiger partial charge is 0.323 e. The van der Waals surface area contributed by atoms with E-state index in [9.17, 15) is 29.1 Å². The Balaban J connectivity index is 1.26. The summed E-state index contributed by atoms with van der Waals surface area (Å²) in [6, 6.07) is 18.4. The molecular weight excluding hydrogens is 594 g/mol. The van der Waals surface area contributed by atoms with Gasteiger partial charge in [-0.1, -0.05) is 59.5 Å². The van der Waals surface area contributed by atoms with Crippen molar-refractivity contribution in [2.24, 2.45) is 5.92 Å². The lowest BCUT2D eigenvalue weighted by Crippen LogP contribution is -2.36. The number of carboxylic acid groups (broad SMARTS) is 1. The van der Waals surface area contributed by atoms with Crippen molar-refractivity contribution < 1.29 is 33.8 Å². The molecule has 0 saturated carbocycles. The van der Waals surface area contributed by atoms with Gasteiger partial charge in [0.15, 0.2) is 18.1 Å². The molecule has 43 heavy (non-hydrogen) atoms. The third-order valence-electron chi connectivity index (χ3n) is 7.23.